The summed E-state index contributed by atoms with van der Waals surface area (Å²) in [6, 6.07) is 7.80. The van der Waals surface area contributed by atoms with E-state index in [4.69, 9.17) is 5.73 Å². The van der Waals surface area contributed by atoms with E-state index in [1.807, 2.05) is 31.2 Å². The van der Waals surface area contributed by atoms with Crippen LogP contribution in [0.3, 0.4) is 0 Å². The maximum Gasteiger partial charge on any atom is 0.0343 e. The van der Waals surface area contributed by atoms with Gasteiger partial charge in [0.15, 0.2) is 0 Å². The molecular formula is C10H16N2. The fourth-order valence-electron chi connectivity index (χ4n) is 0.764. The number of nitrogens with one attached hydrogen (secondary N) is 1. The number of hydrogen-bond acceptors (Lipinski definition) is 2. The van der Waals surface area contributed by atoms with Crippen LogP contribution in [0.5, 0.6) is 0 Å². The summed E-state index contributed by atoms with van der Waals surface area (Å²) in [6.45, 7) is 4.50. The zero-order valence-corrected chi connectivity index (χ0v) is 7.51. The van der Waals surface area contributed by atoms with E-state index in [2.05, 4.69) is 5.32 Å². The number of aryl methyl sites for hydroxylation is 1. The van der Waals surface area contributed by atoms with Crippen LogP contribution >= 0.6 is 0 Å². The SMILES string of the molecule is C1CNC1.Cc1ccccc1N. The fourth-order valence-corrected chi connectivity index (χ4v) is 0.764. The van der Waals surface area contributed by atoms with Crippen molar-refractivity contribution < 1.29 is 0 Å². The minimum Gasteiger partial charge on any atom is -0.399 e. The Morgan fingerprint density at radius 1 is 1.25 bits per heavy atom. The standard InChI is InChI=1S/C7H9N.C3H7N/c1-6-4-2-3-5-7(6)8;1-2-4-3-1/h2-5H,8H2,1H3;4H,1-3H2. The smallest absolute Gasteiger partial charge is 0.0343 e. The lowest BCUT2D eigenvalue weighted by Gasteiger charge is -2.09. The maximum atomic E-state index is 5.52. The van der Waals surface area contributed by atoms with Gasteiger partial charge >= 0.3 is 0 Å². The zero-order valence-electron chi connectivity index (χ0n) is 7.51. The van der Waals surface area contributed by atoms with E-state index >= 15 is 0 Å². The monoisotopic (exact) mass is 164 g/mol. The molecule has 0 amide bonds. The second-order valence-electron chi connectivity index (χ2n) is 2.96. The summed E-state index contributed by atoms with van der Waals surface area (Å²) < 4.78 is 0. The normalized spacial score (nSPS) is 14.1. The van der Waals surface area contributed by atoms with Crippen LogP contribution in [0.2, 0.25) is 0 Å². The van der Waals surface area contributed by atoms with E-state index in [1.165, 1.54) is 19.5 Å². The molecule has 1 heterocycles. The number of rotatable bonds is 0. The van der Waals surface area contributed by atoms with Crippen LogP contribution in [0.4, 0.5) is 5.69 Å². The number of nitrogen functional groups attached to an aromatic ring is 1. The van der Waals surface area contributed by atoms with E-state index in [0.717, 1.165) is 11.3 Å². The van der Waals surface area contributed by atoms with Gasteiger partial charge in [-0.15, -0.1) is 0 Å². The van der Waals surface area contributed by atoms with Crippen molar-refractivity contribution in [3.8, 4) is 0 Å². The molecule has 0 saturated carbocycles. The predicted octanol–water partition coefficient (Wildman–Crippen LogP) is 1.56. The van der Waals surface area contributed by atoms with Crippen LogP contribution in [-0.4, -0.2) is 13.1 Å². The first-order valence-corrected chi connectivity index (χ1v) is 4.32. The molecule has 12 heavy (non-hydrogen) atoms. The summed E-state index contributed by atoms with van der Waals surface area (Å²) in [4.78, 5) is 0. The van der Waals surface area contributed by atoms with Gasteiger partial charge in [0, 0.05) is 5.69 Å². The van der Waals surface area contributed by atoms with Gasteiger partial charge in [0.1, 0.15) is 0 Å². The third kappa shape index (κ3) is 2.93. The van der Waals surface area contributed by atoms with Gasteiger partial charge in [0.05, 0.1) is 0 Å². The van der Waals surface area contributed by atoms with Crippen molar-refractivity contribution in [2.45, 2.75) is 13.3 Å². The molecule has 2 heteroatoms. The van der Waals surface area contributed by atoms with E-state index < -0.39 is 0 Å². The van der Waals surface area contributed by atoms with Gasteiger partial charge in [0.2, 0.25) is 0 Å². The van der Waals surface area contributed by atoms with E-state index in [-0.39, 0.29) is 0 Å². The molecule has 0 unspecified atom stereocenters. The van der Waals surface area contributed by atoms with Crippen molar-refractivity contribution in [3.05, 3.63) is 29.8 Å². The predicted molar refractivity (Wildman–Crippen MR) is 53.1 cm³/mol. The van der Waals surface area contributed by atoms with Crippen LogP contribution < -0.4 is 11.1 Å². The first kappa shape index (κ1) is 9.07. The Balaban J connectivity index is 0.000000150. The van der Waals surface area contributed by atoms with Crippen molar-refractivity contribution in [2.75, 3.05) is 18.8 Å². The maximum absolute atomic E-state index is 5.52. The molecule has 1 aromatic rings. The summed E-state index contributed by atoms with van der Waals surface area (Å²) in [5, 5.41) is 3.11. The average Bonchev–Trinajstić information content (AvgIpc) is 1.92. The molecule has 0 aliphatic carbocycles. The Morgan fingerprint density at radius 3 is 2.00 bits per heavy atom. The minimum absolute atomic E-state index is 0.868. The van der Waals surface area contributed by atoms with Gasteiger partial charge in [-0.3, -0.25) is 0 Å². The molecule has 0 bridgehead atoms. The van der Waals surface area contributed by atoms with E-state index in [9.17, 15) is 0 Å². The molecule has 1 aliphatic rings. The Hall–Kier alpha value is -1.02. The molecule has 1 saturated heterocycles. The summed E-state index contributed by atoms with van der Waals surface area (Å²) in [7, 11) is 0. The first-order valence-electron chi connectivity index (χ1n) is 4.32. The molecule has 66 valence electrons. The lowest BCUT2D eigenvalue weighted by Crippen LogP contribution is -2.29. The molecule has 0 aromatic heterocycles. The first-order chi connectivity index (χ1) is 5.80. The van der Waals surface area contributed by atoms with Crippen molar-refractivity contribution in [1.82, 2.24) is 5.32 Å². The molecule has 1 fully saturated rings. The highest BCUT2D eigenvalue weighted by molar-refractivity contribution is 5.44. The Labute approximate surface area is 73.8 Å². The van der Waals surface area contributed by atoms with E-state index in [1.54, 1.807) is 0 Å². The molecule has 0 spiro atoms. The zero-order chi connectivity index (χ0) is 8.81. The number of para-hydroxylation sites is 1. The third-order valence-electron chi connectivity index (χ3n) is 1.90. The van der Waals surface area contributed by atoms with Gasteiger partial charge in [-0.2, -0.15) is 0 Å². The average molecular weight is 164 g/mol. The molecule has 1 aliphatic heterocycles. The molecule has 0 radical (unpaired) electrons. The lowest BCUT2D eigenvalue weighted by molar-refractivity contribution is 0.527. The largest absolute Gasteiger partial charge is 0.399 e. The molecular weight excluding hydrogens is 148 g/mol. The van der Waals surface area contributed by atoms with E-state index in [0.29, 0.717) is 0 Å². The number of hydrogen-bond donors (Lipinski definition) is 2. The Kier molecular flexibility index (Phi) is 3.61. The molecule has 0 atom stereocenters. The van der Waals surface area contributed by atoms with Crippen LogP contribution in [0.1, 0.15) is 12.0 Å². The van der Waals surface area contributed by atoms with Gasteiger partial charge in [-0.1, -0.05) is 18.2 Å². The summed E-state index contributed by atoms with van der Waals surface area (Å²) in [6.07, 6.45) is 1.39. The fraction of sp³-hybridized carbons (Fsp3) is 0.400. The Morgan fingerprint density at radius 2 is 1.75 bits per heavy atom. The van der Waals surface area contributed by atoms with Crippen molar-refractivity contribution >= 4 is 5.69 Å². The summed E-state index contributed by atoms with van der Waals surface area (Å²) in [5.41, 5.74) is 7.53. The highest BCUT2D eigenvalue weighted by Gasteiger charge is 1.92. The second kappa shape index (κ2) is 4.78. The number of benzene rings is 1. The summed E-state index contributed by atoms with van der Waals surface area (Å²) >= 11 is 0. The quantitative estimate of drug-likeness (QED) is 0.571. The minimum atomic E-state index is 0.868. The lowest BCUT2D eigenvalue weighted by atomic mass is 10.2. The topological polar surface area (TPSA) is 38.0 Å². The number of nitrogens with two attached hydrogens (primary N) is 1. The molecule has 1 aromatic carbocycles. The molecule has 2 rings (SSSR count). The highest BCUT2D eigenvalue weighted by Crippen LogP contribution is 2.06. The van der Waals surface area contributed by atoms with Crippen LogP contribution in [0.25, 0.3) is 0 Å². The van der Waals surface area contributed by atoms with Crippen LogP contribution in [0, 0.1) is 6.92 Å². The van der Waals surface area contributed by atoms with Gasteiger partial charge in [-0.25, -0.2) is 0 Å². The third-order valence-corrected chi connectivity index (χ3v) is 1.90. The van der Waals surface area contributed by atoms with Crippen LogP contribution in [0.15, 0.2) is 24.3 Å². The van der Waals surface area contributed by atoms with Gasteiger partial charge in [-0.05, 0) is 38.1 Å². The van der Waals surface area contributed by atoms with Crippen molar-refractivity contribution in [1.29, 1.82) is 0 Å². The van der Waals surface area contributed by atoms with Gasteiger partial charge < -0.3 is 11.1 Å². The van der Waals surface area contributed by atoms with Gasteiger partial charge in [0.25, 0.3) is 0 Å². The second-order valence-corrected chi connectivity index (χ2v) is 2.96. The molecule has 3 N–H and O–H groups in total. The van der Waals surface area contributed by atoms with Crippen molar-refractivity contribution in [2.24, 2.45) is 0 Å². The highest BCUT2D eigenvalue weighted by atomic mass is 14.9. The Bertz CT molecular complexity index is 204. The summed E-state index contributed by atoms with van der Waals surface area (Å²) in [5.74, 6) is 0. The van der Waals surface area contributed by atoms with Crippen molar-refractivity contribution in [3.63, 3.8) is 0 Å². The molecule has 2 nitrogen and oxygen atoms in total. The van der Waals surface area contributed by atoms with Crippen LogP contribution in [-0.2, 0) is 0 Å². The number of anilines is 1.